The largest absolute Gasteiger partial charge is 0.494 e. The van der Waals surface area contributed by atoms with E-state index in [2.05, 4.69) is 57.3 Å². The van der Waals surface area contributed by atoms with Gasteiger partial charge in [0, 0.05) is 12.5 Å². The highest BCUT2D eigenvalue weighted by atomic mass is 16.7. The minimum absolute atomic E-state index is 0.186. The van der Waals surface area contributed by atoms with Crippen LogP contribution in [0.2, 0.25) is 0 Å². The molecule has 1 heterocycles. The summed E-state index contributed by atoms with van der Waals surface area (Å²) in [5, 5.41) is 3.03. The third-order valence-corrected chi connectivity index (χ3v) is 5.32. The van der Waals surface area contributed by atoms with Gasteiger partial charge in [0.05, 0.1) is 11.2 Å². The first-order valence-corrected chi connectivity index (χ1v) is 9.01. The van der Waals surface area contributed by atoms with Crippen molar-refractivity contribution in [2.24, 2.45) is 0 Å². The molecule has 2 aliphatic rings. The van der Waals surface area contributed by atoms with Crippen LogP contribution in [-0.2, 0) is 20.5 Å². The van der Waals surface area contributed by atoms with Gasteiger partial charge in [-0.1, -0.05) is 24.3 Å². The second kappa shape index (κ2) is 6.53. The number of carbonyl (C=O) groups is 1. The number of carbonyl (C=O) groups excluding carboxylic acids is 1. The fraction of sp³-hybridized carbons (Fsp3) is 0.632. The first-order chi connectivity index (χ1) is 11.3. The van der Waals surface area contributed by atoms with Gasteiger partial charge in [-0.2, -0.15) is 0 Å². The summed E-state index contributed by atoms with van der Waals surface area (Å²) < 4.78 is 12.1. The van der Waals surface area contributed by atoms with Crippen molar-refractivity contribution < 1.29 is 14.1 Å². The zero-order valence-corrected chi connectivity index (χ0v) is 15.2. The predicted molar refractivity (Wildman–Crippen MR) is 96.3 cm³/mol. The Kier molecular flexibility index (Phi) is 4.76. The molecule has 1 aromatic rings. The van der Waals surface area contributed by atoms with Crippen LogP contribution >= 0.6 is 0 Å². The van der Waals surface area contributed by atoms with Gasteiger partial charge in [0.15, 0.2) is 0 Å². The SMILES string of the molecule is CC1(C)OB(c2ccc(CCCC(=O)NC3CC3)cc2)OC1(C)C. The van der Waals surface area contributed by atoms with E-state index in [0.717, 1.165) is 31.1 Å². The maximum atomic E-state index is 11.7. The van der Waals surface area contributed by atoms with Crippen LogP contribution in [-0.4, -0.2) is 30.3 Å². The standard InChI is InChI=1S/C19H28BNO3/c1-18(2)19(3,4)24-20(23-18)15-10-8-14(9-11-15)6-5-7-17(22)21-16-12-13-16/h8-11,16H,5-7,12-13H2,1-4H3,(H,21,22). The maximum absolute atomic E-state index is 11.7. The van der Waals surface area contributed by atoms with Crippen molar-refractivity contribution in [1.82, 2.24) is 5.32 Å². The first-order valence-electron chi connectivity index (χ1n) is 9.01. The molecule has 0 unspecified atom stereocenters. The molecule has 3 rings (SSSR count). The molecule has 0 bridgehead atoms. The number of rotatable bonds is 6. The molecule has 24 heavy (non-hydrogen) atoms. The highest BCUT2D eigenvalue weighted by molar-refractivity contribution is 6.62. The second-order valence-electron chi connectivity index (χ2n) is 8.03. The molecule has 130 valence electrons. The van der Waals surface area contributed by atoms with E-state index < -0.39 is 0 Å². The lowest BCUT2D eigenvalue weighted by Crippen LogP contribution is -2.41. The van der Waals surface area contributed by atoms with Crippen molar-refractivity contribution in [2.45, 2.75) is 77.0 Å². The highest BCUT2D eigenvalue weighted by Crippen LogP contribution is 2.36. The lowest BCUT2D eigenvalue weighted by atomic mass is 9.78. The van der Waals surface area contributed by atoms with Gasteiger partial charge in [-0.3, -0.25) is 4.79 Å². The minimum atomic E-state index is -0.314. The van der Waals surface area contributed by atoms with Gasteiger partial charge in [-0.05, 0) is 64.4 Å². The molecule has 0 aromatic heterocycles. The average Bonchev–Trinajstić information content (AvgIpc) is 3.26. The van der Waals surface area contributed by atoms with E-state index in [1.165, 1.54) is 5.56 Å². The fourth-order valence-corrected chi connectivity index (χ4v) is 2.80. The Morgan fingerprint density at radius 1 is 1.12 bits per heavy atom. The zero-order chi connectivity index (χ0) is 17.4. The van der Waals surface area contributed by atoms with E-state index >= 15 is 0 Å². The van der Waals surface area contributed by atoms with Crippen LogP contribution in [0.3, 0.4) is 0 Å². The summed E-state index contributed by atoms with van der Waals surface area (Å²) in [5.74, 6) is 0.186. The number of aryl methyl sites for hydroxylation is 1. The molecular formula is C19H28BNO3. The Labute approximate surface area is 145 Å². The number of amides is 1. The molecule has 2 fully saturated rings. The van der Waals surface area contributed by atoms with Gasteiger partial charge in [-0.15, -0.1) is 0 Å². The van der Waals surface area contributed by atoms with E-state index in [-0.39, 0.29) is 24.2 Å². The van der Waals surface area contributed by atoms with Gasteiger partial charge < -0.3 is 14.6 Å². The quantitative estimate of drug-likeness (QED) is 0.816. The van der Waals surface area contributed by atoms with Crippen LogP contribution in [0.1, 0.15) is 58.9 Å². The number of hydrogen-bond donors (Lipinski definition) is 1. The molecule has 4 nitrogen and oxygen atoms in total. The molecule has 1 aromatic carbocycles. The van der Waals surface area contributed by atoms with Crippen LogP contribution < -0.4 is 10.8 Å². The number of hydrogen-bond acceptors (Lipinski definition) is 3. The topological polar surface area (TPSA) is 47.6 Å². The summed E-state index contributed by atoms with van der Waals surface area (Å²) in [6, 6.07) is 8.82. The third-order valence-electron chi connectivity index (χ3n) is 5.32. The van der Waals surface area contributed by atoms with Crippen molar-refractivity contribution in [1.29, 1.82) is 0 Å². The molecule has 1 aliphatic carbocycles. The summed E-state index contributed by atoms with van der Waals surface area (Å²) >= 11 is 0. The second-order valence-corrected chi connectivity index (χ2v) is 8.03. The van der Waals surface area contributed by atoms with Crippen molar-refractivity contribution in [2.75, 3.05) is 0 Å². The molecule has 1 saturated heterocycles. The smallest absolute Gasteiger partial charge is 0.399 e. The lowest BCUT2D eigenvalue weighted by molar-refractivity contribution is -0.121. The summed E-state index contributed by atoms with van der Waals surface area (Å²) in [7, 11) is -0.312. The molecule has 1 amide bonds. The molecule has 0 spiro atoms. The number of nitrogens with one attached hydrogen (secondary N) is 1. The minimum Gasteiger partial charge on any atom is -0.399 e. The van der Waals surface area contributed by atoms with Gasteiger partial charge in [0.2, 0.25) is 5.91 Å². The molecular weight excluding hydrogens is 301 g/mol. The number of benzene rings is 1. The van der Waals surface area contributed by atoms with Crippen LogP contribution in [0.5, 0.6) is 0 Å². The van der Waals surface area contributed by atoms with E-state index in [1.807, 2.05) is 0 Å². The zero-order valence-electron chi connectivity index (χ0n) is 15.2. The van der Waals surface area contributed by atoms with Gasteiger partial charge in [-0.25, -0.2) is 0 Å². The average molecular weight is 329 g/mol. The van der Waals surface area contributed by atoms with Crippen LogP contribution in [0.4, 0.5) is 0 Å². The van der Waals surface area contributed by atoms with Gasteiger partial charge in [0.1, 0.15) is 0 Å². The first kappa shape index (κ1) is 17.5. The predicted octanol–water partition coefficient (Wildman–Crippen LogP) is 2.59. The Morgan fingerprint density at radius 3 is 2.25 bits per heavy atom. The normalized spacial score (nSPS) is 21.8. The lowest BCUT2D eigenvalue weighted by Gasteiger charge is -2.32. The molecule has 1 aliphatic heterocycles. The van der Waals surface area contributed by atoms with Crippen molar-refractivity contribution in [3.63, 3.8) is 0 Å². The Morgan fingerprint density at radius 2 is 1.71 bits per heavy atom. The molecule has 0 radical (unpaired) electrons. The molecule has 1 saturated carbocycles. The Bertz CT molecular complexity index is 577. The van der Waals surface area contributed by atoms with E-state index in [1.54, 1.807) is 0 Å². The summed E-state index contributed by atoms with van der Waals surface area (Å²) in [5.41, 5.74) is 1.66. The van der Waals surface area contributed by atoms with Gasteiger partial charge in [0.25, 0.3) is 0 Å². The fourth-order valence-electron chi connectivity index (χ4n) is 2.80. The highest BCUT2D eigenvalue weighted by Gasteiger charge is 2.51. The van der Waals surface area contributed by atoms with Crippen molar-refractivity contribution in [3.05, 3.63) is 29.8 Å². The summed E-state index contributed by atoms with van der Waals surface area (Å²) in [6.07, 6.45) is 4.70. The van der Waals surface area contributed by atoms with E-state index in [0.29, 0.717) is 12.5 Å². The van der Waals surface area contributed by atoms with E-state index in [9.17, 15) is 4.79 Å². The van der Waals surface area contributed by atoms with Crippen molar-refractivity contribution >= 4 is 18.5 Å². The summed E-state index contributed by atoms with van der Waals surface area (Å²) in [6.45, 7) is 8.25. The van der Waals surface area contributed by atoms with Gasteiger partial charge >= 0.3 is 7.12 Å². The molecule has 0 atom stereocenters. The van der Waals surface area contributed by atoms with E-state index in [4.69, 9.17) is 9.31 Å². The molecule has 5 heteroatoms. The van der Waals surface area contributed by atoms with Crippen LogP contribution in [0, 0.1) is 0 Å². The Balaban J connectivity index is 1.49. The van der Waals surface area contributed by atoms with Crippen molar-refractivity contribution in [3.8, 4) is 0 Å². The van der Waals surface area contributed by atoms with Crippen LogP contribution in [0.15, 0.2) is 24.3 Å². The Hall–Kier alpha value is -1.33. The maximum Gasteiger partial charge on any atom is 0.494 e. The summed E-state index contributed by atoms with van der Waals surface area (Å²) in [4.78, 5) is 11.7. The molecule has 1 N–H and O–H groups in total. The monoisotopic (exact) mass is 329 g/mol. The van der Waals surface area contributed by atoms with Crippen LogP contribution in [0.25, 0.3) is 0 Å². The third kappa shape index (κ3) is 4.01.